The number of carbonyl (C=O) groups is 1. The summed E-state index contributed by atoms with van der Waals surface area (Å²) in [5.74, 6) is -0.305. The largest absolute Gasteiger partial charge is 0.508 e. The molecular weight excluding hydrogens is 593 g/mol. The van der Waals surface area contributed by atoms with Crippen LogP contribution in [-0.2, 0) is 17.8 Å². The van der Waals surface area contributed by atoms with Gasteiger partial charge in [0.25, 0.3) is 5.91 Å². The lowest BCUT2D eigenvalue weighted by atomic mass is 9.91. The Morgan fingerprint density at radius 1 is 1.11 bits per heavy atom. The summed E-state index contributed by atoms with van der Waals surface area (Å²) in [5.41, 5.74) is 3.94. The van der Waals surface area contributed by atoms with Gasteiger partial charge in [0.1, 0.15) is 22.9 Å². The van der Waals surface area contributed by atoms with Crippen molar-refractivity contribution in [2.45, 2.75) is 57.8 Å². The number of nitrogens with one attached hydrogen (secondary N) is 2. The second-order valence-electron chi connectivity index (χ2n) is 11.6. The number of phenolic OH excluding ortho intramolecular Hbond substituents is 1. The van der Waals surface area contributed by atoms with Gasteiger partial charge >= 0.3 is 0 Å². The van der Waals surface area contributed by atoms with E-state index in [1.165, 1.54) is 6.07 Å². The van der Waals surface area contributed by atoms with E-state index in [1.807, 2.05) is 31.2 Å². The molecule has 6 rings (SSSR count). The summed E-state index contributed by atoms with van der Waals surface area (Å²) in [7, 11) is 0. The number of carbonyl (C=O) groups excluding carboxylic acids is 1. The van der Waals surface area contributed by atoms with Crippen LogP contribution >= 0.6 is 11.3 Å². The van der Waals surface area contributed by atoms with Crippen LogP contribution in [0.2, 0.25) is 0 Å². The first kappa shape index (κ1) is 31.1. The Morgan fingerprint density at radius 2 is 1.91 bits per heavy atom. The van der Waals surface area contributed by atoms with Gasteiger partial charge in [0.05, 0.1) is 30.1 Å². The molecule has 0 unspecified atom stereocenters. The zero-order valence-electron chi connectivity index (χ0n) is 25.3. The molecule has 11 heteroatoms. The first-order valence-electron chi connectivity index (χ1n) is 15.4. The van der Waals surface area contributed by atoms with Crippen LogP contribution in [0.1, 0.15) is 52.3 Å². The molecule has 2 aliphatic rings. The van der Waals surface area contributed by atoms with Crippen molar-refractivity contribution in [1.29, 1.82) is 0 Å². The minimum atomic E-state index is -0.608. The van der Waals surface area contributed by atoms with Crippen molar-refractivity contribution in [1.82, 2.24) is 25.5 Å². The minimum absolute atomic E-state index is 0.0177. The molecule has 0 spiro atoms. The molecule has 9 nitrogen and oxygen atoms in total. The summed E-state index contributed by atoms with van der Waals surface area (Å²) in [5, 5.41) is 20.0. The fraction of sp³-hybridized carbons (Fsp3) is 0.382. The fourth-order valence-electron chi connectivity index (χ4n) is 5.95. The molecule has 1 aliphatic heterocycles. The first-order chi connectivity index (χ1) is 21.9. The maximum Gasteiger partial charge on any atom is 0.257 e. The van der Waals surface area contributed by atoms with Gasteiger partial charge in [-0.05, 0) is 79.6 Å². The summed E-state index contributed by atoms with van der Waals surface area (Å²) in [6.07, 6.45) is 4.55. The summed E-state index contributed by atoms with van der Waals surface area (Å²) >= 11 is 1.65. The van der Waals surface area contributed by atoms with Gasteiger partial charge in [-0.1, -0.05) is 18.2 Å². The molecule has 3 heterocycles. The van der Waals surface area contributed by atoms with Crippen molar-refractivity contribution < 1.29 is 23.8 Å². The normalized spacial score (nSPS) is 18.9. The fourth-order valence-corrected chi connectivity index (χ4v) is 6.56. The molecule has 236 valence electrons. The molecule has 0 radical (unpaired) electrons. The van der Waals surface area contributed by atoms with Gasteiger partial charge < -0.3 is 25.2 Å². The van der Waals surface area contributed by atoms with Gasteiger partial charge in [-0.2, -0.15) is 0 Å². The molecule has 4 aromatic rings. The number of ether oxygens (including phenoxy) is 2. The number of hydrogen-bond acceptors (Lipinski definition) is 9. The molecule has 1 saturated heterocycles. The third-order valence-corrected chi connectivity index (χ3v) is 9.13. The first-order valence-corrected chi connectivity index (χ1v) is 16.3. The topological polar surface area (TPSA) is 109 Å². The van der Waals surface area contributed by atoms with Crippen LogP contribution in [0.25, 0.3) is 11.1 Å². The van der Waals surface area contributed by atoms with Crippen molar-refractivity contribution in [3.63, 3.8) is 0 Å². The number of phenols is 1. The smallest absolute Gasteiger partial charge is 0.257 e. The number of nitrogens with zero attached hydrogens (tertiary/aromatic N) is 3. The minimum Gasteiger partial charge on any atom is -0.508 e. The molecule has 1 saturated carbocycles. The summed E-state index contributed by atoms with van der Waals surface area (Å²) in [6, 6.07) is 14.3. The van der Waals surface area contributed by atoms with Crippen LogP contribution < -0.4 is 15.4 Å². The second kappa shape index (κ2) is 14.5. The van der Waals surface area contributed by atoms with Gasteiger partial charge in [0.2, 0.25) is 5.88 Å². The molecule has 3 N–H and O–H groups in total. The number of aromatic hydroxyl groups is 1. The van der Waals surface area contributed by atoms with E-state index < -0.39 is 11.7 Å². The SMILES string of the molecule is Cc1nc(CN[C@H]2CC[C@@H](NC(=O)c3cc(F)cnc3Oc3cccc(-c4ccc(O)cc4CN4CCOCC4)c3)CC2)cs1. The Morgan fingerprint density at radius 3 is 2.69 bits per heavy atom. The van der Waals surface area contributed by atoms with E-state index in [0.29, 0.717) is 31.5 Å². The Labute approximate surface area is 266 Å². The quantitative estimate of drug-likeness (QED) is 0.201. The Kier molecular flexibility index (Phi) is 10.00. The number of pyridine rings is 1. The summed E-state index contributed by atoms with van der Waals surface area (Å²) in [6.45, 7) is 6.44. The molecule has 1 aliphatic carbocycles. The molecule has 1 amide bonds. The van der Waals surface area contributed by atoms with E-state index in [0.717, 1.165) is 78.9 Å². The number of amides is 1. The van der Waals surface area contributed by atoms with Gasteiger partial charge in [0, 0.05) is 43.6 Å². The maximum atomic E-state index is 14.3. The van der Waals surface area contributed by atoms with E-state index in [4.69, 9.17) is 9.47 Å². The van der Waals surface area contributed by atoms with Crippen LogP contribution in [-0.4, -0.2) is 64.3 Å². The van der Waals surface area contributed by atoms with Crippen LogP contribution in [0.4, 0.5) is 4.39 Å². The van der Waals surface area contributed by atoms with Gasteiger partial charge in [0.15, 0.2) is 0 Å². The number of morpholine rings is 1. The zero-order chi connectivity index (χ0) is 31.2. The number of thiazole rings is 1. The lowest BCUT2D eigenvalue weighted by Gasteiger charge is -2.29. The highest BCUT2D eigenvalue weighted by molar-refractivity contribution is 7.09. The highest BCUT2D eigenvalue weighted by atomic mass is 32.1. The van der Waals surface area contributed by atoms with Crippen molar-refractivity contribution >= 4 is 17.2 Å². The van der Waals surface area contributed by atoms with Crippen LogP contribution in [0.15, 0.2) is 60.1 Å². The number of halogens is 1. The van der Waals surface area contributed by atoms with E-state index in [-0.39, 0.29) is 23.2 Å². The third-order valence-electron chi connectivity index (χ3n) is 8.31. The Bertz CT molecular complexity index is 1620. The number of benzene rings is 2. The molecule has 45 heavy (non-hydrogen) atoms. The molecular formula is C34H38FN5O4S. The van der Waals surface area contributed by atoms with Gasteiger partial charge in [-0.25, -0.2) is 14.4 Å². The average molecular weight is 632 g/mol. The summed E-state index contributed by atoms with van der Waals surface area (Å²) < 4.78 is 25.9. The monoisotopic (exact) mass is 631 g/mol. The number of rotatable bonds is 10. The molecule has 2 aromatic heterocycles. The number of hydrogen-bond donors (Lipinski definition) is 3. The Hall–Kier alpha value is -3.90. The molecule has 0 bridgehead atoms. The maximum absolute atomic E-state index is 14.3. The van der Waals surface area contributed by atoms with Crippen molar-refractivity contribution in [2.24, 2.45) is 0 Å². The molecule has 2 aromatic carbocycles. The predicted molar refractivity (Wildman–Crippen MR) is 171 cm³/mol. The lowest BCUT2D eigenvalue weighted by molar-refractivity contribution is 0.0342. The average Bonchev–Trinajstić information content (AvgIpc) is 3.47. The summed E-state index contributed by atoms with van der Waals surface area (Å²) in [4.78, 5) is 24.3. The highest BCUT2D eigenvalue weighted by Gasteiger charge is 2.25. The van der Waals surface area contributed by atoms with Crippen LogP contribution in [0.3, 0.4) is 0 Å². The zero-order valence-corrected chi connectivity index (χ0v) is 26.1. The Balaban J connectivity index is 1.11. The van der Waals surface area contributed by atoms with E-state index >= 15 is 0 Å². The van der Waals surface area contributed by atoms with Crippen molar-refractivity contribution in [2.75, 3.05) is 26.3 Å². The van der Waals surface area contributed by atoms with Crippen LogP contribution in [0, 0.1) is 12.7 Å². The number of aromatic nitrogens is 2. The molecule has 2 fully saturated rings. The highest BCUT2D eigenvalue weighted by Crippen LogP contribution is 2.33. The predicted octanol–water partition coefficient (Wildman–Crippen LogP) is 5.81. The number of aryl methyl sites for hydroxylation is 1. The van der Waals surface area contributed by atoms with Gasteiger partial charge in [-0.15, -0.1) is 11.3 Å². The lowest BCUT2D eigenvalue weighted by Crippen LogP contribution is -2.42. The van der Waals surface area contributed by atoms with Crippen LogP contribution in [0.5, 0.6) is 17.4 Å². The van der Waals surface area contributed by atoms with E-state index in [2.05, 4.69) is 30.9 Å². The molecule has 0 atom stereocenters. The third kappa shape index (κ3) is 8.23. The van der Waals surface area contributed by atoms with E-state index in [9.17, 15) is 14.3 Å². The van der Waals surface area contributed by atoms with Gasteiger partial charge in [-0.3, -0.25) is 9.69 Å². The van der Waals surface area contributed by atoms with Crippen molar-refractivity contribution in [3.8, 4) is 28.5 Å². The standard InChI is InChI=1S/C34H38FN5O4S/c1-22-38-28(21-45-22)19-36-26-5-7-27(8-6-26)39-33(42)32-17-25(35)18-37-34(32)44-30-4-2-3-23(16-30)31-10-9-29(41)15-24(31)20-40-11-13-43-14-12-40/h2-4,9-10,15-18,21,26-27,36,41H,5-8,11-14,19-20H2,1H3,(H,39,42)/t26-,27+. The van der Waals surface area contributed by atoms with Crippen molar-refractivity contribution in [3.05, 3.63) is 87.8 Å². The van der Waals surface area contributed by atoms with E-state index in [1.54, 1.807) is 29.5 Å². The second-order valence-corrected chi connectivity index (χ2v) is 12.7.